The van der Waals surface area contributed by atoms with Crippen LogP contribution in [0, 0.1) is 12.1 Å². The molecule has 0 bridgehead atoms. The van der Waals surface area contributed by atoms with Crippen LogP contribution in [0.25, 0.3) is 11.0 Å². The zero-order chi connectivity index (χ0) is 13.6. The number of aromatic nitrogens is 2. The second-order valence-electron chi connectivity index (χ2n) is 4.16. The predicted octanol–water partition coefficient (Wildman–Crippen LogP) is 2.11. The molecule has 2 aromatic heterocycles. The fraction of sp³-hybridized carbons (Fsp3) is 0.0769. The Labute approximate surface area is 112 Å². The molecule has 0 aliphatic heterocycles. The van der Waals surface area contributed by atoms with Gasteiger partial charge in [-0.05, 0) is 28.3 Å². The summed E-state index contributed by atoms with van der Waals surface area (Å²) in [5.74, 6) is 0.0379. The average Bonchev–Trinajstić information content (AvgIpc) is 3.03. The van der Waals surface area contributed by atoms with Crippen molar-refractivity contribution >= 4 is 28.2 Å². The normalized spacial score (nSPS) is 11.0. The number of carbonyl (C=O) groups excluding carboxylic acids is 1. The van der Waals surface area contributed by atoms with Gasteiger partial charge in [0.05, 0.1) is 4.88 Å². The van der Waals surface area contributed by atoms with Gasteiger partial charge < -0.3 is 10.4 Å². The van der Waals surface area contributed by atoms with Crippen LogP contribution in [0.15, 0.2) is 35.7 Å². The molecule has 2 heterocycles. The molecule has 0 aliphatic rings. The molecule has 0 unspecified atom stereocenters. The van der Waals surface area contributed by atoms with Gasteiger partial charge in [-0.15, -0.1) is 11.3 Å². The Hall–Kier alpha value is -2.34. The first-order chi connectivity index (χ1) is 9.09. The van der Waals surface area contributed by atoms with Crippen molar-refractivity contribution in [3.8, 4) is 0 Å². The molecular weight excluding hydrogens is 264 g/mol. The molecular formula is C13H10N2O3S. The molecule has 0 amide bonds. The van der Waals surface area contributed by atoms with E-state index in [0.29, 0.717) is 20.7 Å². The third-order valence-electron chi connectivity index (χ3n) is 3.03. The second-order valence-corrected chi connectivity index (χ2v) is 5.11. The van der Waals surface area contributed by atoms with Crippen LogP contribution in [0.1, 0.15) is 21.1 Å². The quantitative estimate of drug-likeness (QED) is 0.337. The Morgan fingerprint density at radius 2 is 2.21 bits per heavy atom. The van der Waals surface area contributed by atoms with Gasteiger partial charge in [0.1, 0.15) is 0 Å². The Balaban J connectivity index is 2.17. The van der Waals surface area contributed by atoms with Crippen molar-refractivity contribution in [2.45, 2.75) is 6.92 Å². The highest BCUT2D eigenvalue weighted by atomic mass is 32.1. The fourth-order valence-electron chi connectivity index (χ4n) is 1.99. The third kappa shape index (κ3) is 1.68. The Morgan fingerprint density at radius 1 is 1.42 bits per heavy atom. The van der Waals surface area contributed by atoms with Crippen LogP contribution in [0.3, 0.4) is 0 Å². The molecule has 0 spiro atoms. The number of nitrogens with zero attached hydrogens (tertiary/aromatic N) is 2. The fourth-order valence-corrected chi connectivity index (χ4v) is 2.68. The van der Waals surface area contributed by atoms with Crippen molar-refractivity contribution < 1.29 is 14.7 Å². The van der Waals surface area contributed by atoms with Crippen molar-refractivity contribution in [3.05, 3.63) is 57.2 Å². The average molecular weight is 274 g/mol. The van der Waals surface area contributed by atoms with Gasteiger partial charge in [0.25, 0.3) is 5.82 Å². The first kappa shape index (κ1) is 11.7. The summed E-state index contributed by atoms with van der Waals surface area (Å²) in [6.45, 7) is 1.51. The summed E-state index contributed by atoms with van der Waals surface area (Å²) in [5, 5.41) is 23.4. The summed E-state index contributed by atoms with van der Waals surface area (Å²) in [5.41, 5.74) is 1.10. The van der Waals surface area contributed by atoms with Crippen LogP contribution in [0.5, 0.6) is 0 Å². The molecule has 0 saturated carbocycles. The van der Waals surface area contributed by atoms with Crippen LogP contribution in [-0.2, 0) is 0 Å². The van der Waals surface area contributed by atoms with E-state index in [-0.39, 0.29) is 17.1 Å². The highest BCUT2D eigenvalue weighted by Crippen LogP contribution is 2.19. The van der Waals surface area contributed by atoms with Crippen LogP contribution >= 0.6 is 11.3 Å². The lowest BCUT2D eigenvalue weighted by atomic mass is 10.1. The van der Waals surface area contributed by atoms with Gasteiger partial charge >= 0.3 is 0 Å². The lowest BCUT2D eigenvalue weighted by Gasteiger charge is -2.00. The monoisotopic (exact) mass is 274 g/mol. The molecule has 0 radical (unpaired) electrons. The minimum atomic E-state index is -0.125. The molecule has 3 rings (SSSR count). The molecule has 1 aromatic carbocycles. The van der Waals surface area contributed by atoms with E-state index < -0.39 is 0 Å². The molecule has 6 heteroatoms. The molecule has 0 saturated heterocycles. The molecule has 0 fully saturated rings. The Morgan fingerprint density at radius 3 is 2.89 bits per heavy atom. The van der Waals surface area contributed by atoms with Crippen LogP contribution in [0.4, 0.5) is 0 Å². The summed E-state index contributed by atoms with van der Waals surface area (Å²) in [7, 11) is 0. The van der Waals surface area contributed by atoms with E-state index in [2.05, 4.69) is 0 Å². The molecule has 5 nitrogen and oxygen atoms in total. The summed E-state index contributed by atoms with van der Waals surface area (Å²) in [6.07, 6.45) is 0. The Bertz CT molecular complexity index is 775. The maximum absolute atomic E-state index is 12.2. The van der Waals surface area contributed by atoms with Crippen LogP contribution < -0.4 is 4.73 Å². The molecule has 96 valence electrons. The molecule has 1 N–H and O–H groups in total. The summed E-state index contributed by atoms with van der Waals surface area (Å²) < 4.78 is 1.43. The van der Waals surface area contributed by atoms with Crippen molar-refractivity contribution in [3.63, 3.8) is 0 Å². The molecule has 0 aliphatic carbocycles. The highest BCUT2D eigenvalue weighted by molar-refractivity contribution is 7.12. The minimum absolute atomic E-state index is 0.125. The smallest absolute Gasteiger partial charge is 0.297 e. The summed E-state index contributed by atoms with van der Waals surface area (Å²) in [4.78, 5) is 12.8. The lowest BCUT2D eigenvalue weighted by Crippen LogP contribution is -2.28. The van der Waals surface area contributed by atoms with E-state index >= 15 is 0 Å². The van der Waals surface area contributed by atoms with Gasteiger partial charge in [-0.2, -0.15) is 0 Å². The van der Waals surface area contributed by atoms with E-state index in [9.17, 15) is 15.2 Å². The maximum atomic E-state index is 12.2. The van der Waals surface area contributed by atoms with Gasteiger partial charge in [-0.3, -0.25) is 4.79 Å². The molecule has 0 atom stereocenters. The van der Waals surface area contributed by atoms with Crippen LogP contribution in [0.2, 0.25) is 0 Å². The largest absolute Gasteiger partial charge is 0.710 e. The van der Waals surface area contributed by atoms with E-state index in [4.69, 9.17) is 0 Å². The summed E-state index contributed by atoms with van der Waals surface area (Å²) in [6, 6.07) is 8.22. The predicted molar refractivity (Wildman–Crippen MR) is 70.6 cm³/mol. The number of hydrogen-bond acceptors (Lipinski definition) is 4. The number of thiophene rings is 1. The number of imidazole rings is 1. The number of hydrogen-bond donors (Lipinski definition) is 1. The Kier molecular flexibility index (Phi) is 2.53. The first-order valence-corrected chi connectivity index (χ1v) is 6.49. The number of benzene rings is 1. The highest BCUT2D eigenvalue weighted by Gasteiger charge is 2.19. The van der Waals surface area contributed by atoms with Gasteiger partial charge in [0, 0.05) is 18.6 Å². The van der Waals surface area contributed by atoms with Crippen LogP contribution in [-0.4, -0.2) is 15.7 Å². The maximum Gasteiger partial charge on any atom is 0.297 e. The zero-order valence-corrected chi connectivity index (χ0v) is 10.8. The third-order valence-corrected chi connectivity index (χ3v) is 3.90. The van der Waals surface area contributed by atoms with Crippen molar-refractivity contribution in [2.24, 2.45) is 0 Å². The number of ketones is 1. The van der Waals surface area contributed by atoms with Crippen molar-refractivity contribution in [2.75, 3.05) is 0 Å². The summed E-state index contributed by atoms with van der Waals surface area (Å²) >= 11 is 1.35. The number of carbonyl (C=O) groups is 1. The van der Waals surface area contributed by atoms with Gasteiger partial charge in [-0.1, -0.05) is 6.07 Å². The second kappa shape index (κ2) is 4.10. The number of fused-ring (bicyclic) bond motifs is 1. The van der Waals surface area contributed by atoms with E-state index in [1.165, 1.54) is 24.3 Å². The van der Waals surface area contributed by atoms with E-state index in [1.54, 1.807) is 24.3 Å². The van der Waals surface area contributed by atoms with E-state index in [0.717, 1.165) is 4.73 Å². The first-order valence-electron chi connectivity index (χ1n) is 5.61. The van der Waals surface area contributed by atoms with Gasteiger partial charge in [-0.25, -0.2) is 4.73 Å². The van der Waals surface area contributed by atoms with Gasteiger partial charge in [0.2, 0.25) is 11.3 Å². The van der Waals surface area contributed by atoms with E-state index in [1.807, 2.05) is 5.38 Å². The molecule has 19 heavy (non-hydrogen) atoms. The van der Waals surface area contributed by atoms with Crippen molar-refractivity contribution in [1.29, 1.82) is 0 Å². The number of rotatable bonds is 2. The standard InChI is InChI=1S/C13H10N2O3S/c1-8-14(17)10-5-4-9(7-11(10)15(8)18)13(16)12-3-2-6-19-12/h2-7,17H,1H3. The van der Waals surface area contributed by atoms with Gasteiger partial charge in [0.15, 0.2) is 5.52 Å². The molecule has 3 aromatic rings. The lowest BCUT2D eigenvalue weighted by molar-refractivity contribution is -0.587. The zero-order valence-electron chi connectivity index (χ0n) is 10.0. The topological polar surface area (TPSA) is 69.2 Å². The van der Waals surface area contributed by atoms with Crippen molar-refractivity contribution in [1.82, 2.24) is 4.73 Å². The minimum Gasteiger partial charge on any atom is -0.710 e. The SMILES string of the molecule is Cc1n(O)c2ccc(C(=O)c3cccs3)cc2[n+]1[O-].